The van der Waals surface area contributed by atoms with Crippen molar-refractivity contribution < 1.29 is 18.3 Å². The summed E-state index contributed by atoms with van der Waals surface area (Å²) >= 11 is 0. The van der Waals surface area contributed by atoms with Crippen molar-refractivity contribution in [3.63, 3.8) is 0 Å². The molecule has 0 saturated heterocycles. The average molecular weight is 187 g/mol. The monoisotopic (exact) mass is 187 g/mol. The molecule has 13 heavy (non-hydrogen) atoms. The fourth-order valence-electron chi connectivity index (χ4n) is 0.855. The summed E-state index contributed by atoms with van der Waals surface area (Å²) in [6.07, 6.45) is 0. The van der Waals surface area contributed by atoms with Gasteiger partial charge in [0.2, 0.25) is 11.7 Å². The van der Waals surface area contributed by atoms with Crippen LogP contribution in [0.5, 0.6) is 5.75 Å². The Morgan fingerprint density at radius 3 is 2.54 bits per heavy atom. The molecule has 5 heteroatoms. The minimum absolute atomic E-state index is 0.129. The van der Waals surface area contributed by atoms with Crippen LogP contribution in [0.15, 0.2) is 12.1 Å². The van der Waals surface area contributed by atoms with Gasteiger partial charge < -0.3 is 10.5 Å². The average Bonchev–Trinajstić information content (AvgIpc) is 2.09. The third kappa shape index (κ3) is 1.74. The first-order chi connectivity index (χ1) is 6.06. The van der Waals surface area contributed by atoms with Gasteiger partial charge in [-0.3, -0.25) is 4.79 Å². The molecule has 0 fully saturated rings. The molecule has 0 aliphatic rings. The van der Waals surface area contributed by atoms with Crippen molar-refractivity contribution in [2.45, 2.75) is 0 Å². The number of methoxy groups -OCH3 is 1. The zero-order valence-electron chi connectivity index (χ0n) is 6.80. The van der Waals surface area contributed by atoms with Crippen molar-refractivity contribution in [1.82, 2.24) is 0 Å². The molecule has 1 aromatic rings. The van der Waals surface area contributed by atoms with Crippen LogP contribution >= 0.6 is 0 Å². The highest BCUT2D eigenvalue weighted by atomic mass is 19.2. The van der Waals surface area contributed by atoms with Crippen LogP contribution < -0.4 is 10.5 Å². The summed E-state index contributed by atoms with van der Waals surface area (Å²) in [5.74, 6) is -3.47. The largest absolute Gasteiger partial charge is 0.494 e. The Morgan fingerprint density at radius 1 is 1.46 bits per heavy atom. The molecule has 3 nitrogen and oxygen atoms in total. The first-order valence-electron chi connectivity index (χ1n) is 3.39. The quantitative estimate of drug-likeness (QED) is 0.752. The number of hydrogen-bond donors (Lipinski definition) is 1. The van der Waals surface area contributed by atoms with E-state index < -0.39 is 17.5 Å². The van der Waals surface area contributed by atoms with E-state index in [0.717, 1.165) is 12.1 Å². The highest BCUT2D eigenvalue weighted by Crippen LogP contribution is 2.21. The Balaban J connectivity index is 3.30. The number of benzene rings is 1. The molecule has 0 unspecified atom stereocenters. The fourth-order valence-corrected chi connectivity index (χ4v) is 0.855. The van der Waals surface area contributed by atoms with E-state index in [1.807, 2.05) is 0 Å². The van der Waals surface area contributed by atoms with Crippen LogP contribution in [0.3, 0.4) is 0 Å². The summed E-state index contributed by atoms with van der Waals surface area (Å²) in [5, 5.41) is 0. The smallest absolute Gasteiger partial charge is 0.248 e. The minimum Gasteiger partial charge on any atom is -0.494 e. The summed E-state index contributed by atoms with van der Waals surface area (Å²) < 4.78 is 30.0. The van der Waals surface area contributed by atoms with Crippen LogP contribution in [0.25, 0.3) is 0 Å². The van der Waals surface area contributed by atoms with Crippen molar-refractivity contribution >= 4 is 5.91 Å². The molecule has 0 saturated carbocycles. The number of hydrogen-bond acceptors (Lipinski definition) is 2. The molecule has 0 heterocycles. The normalized spacial score (nSPS) is 9.77. The van der Waals surface area contributed by atoms with Crippen LogP contribution in [0.4, 0.5) is 8.78 Å². The van der Waals surface area contributed by atoms with Gasteiger partial charge in [-0.05, 0) is 12.1 Å². The summed E-state index contributed by atoms with van der Waals surface area (Å²) in [6.45, 7) is 0. The molecule has 0 spiro atoms. The van der Waals surface area contributed by atoms with Crippen molar-refractivity contribution in [3.05, 3.63) is 29.3 Å². The third-order valence-electron chi connectivity index (χ3n) is 1.50. The first-order valence-corrected chi connectivity index (χ1v) is 3.39. The summed E-state index contributed by atoms with van der Waals surface area (Å²) in [5.41, 5.74) is 4.74. The van der Waals surface area contributed by atoms with Gasteiger partial charge in [0.25, 0.3) is 0 Å². The minimum atomic E-state index is -1.16. The van der Waals surface area contributed by atoms with E-state index >= 15 is 0 Å². The van der Waals surface area contributed by atoms with Gasteiger partial charge in [-0.15, -0.1) is 0 Å². The molecule has 2 N–H and O–H groups in total. The zero-order chi connectivity index (χ0) is 10.0. The maximum absolute atomic E-state index is 12.8. The number of halogens is 2. The lowest BCUT2D eigenvalue weighted by molar-refractivity contribution is 0.0999. The van der Waals surface area contributed by atoms with Gasteiger partial charge in [-0.1, -0.05) is 0 Å². The SMILES string of the molecule is COc1cc(C(N)=O)cc(F)c1F. The number of carbonyl (C=O) groups is 1. The molecule has 1 amide bonds. The predicted molar refractivity (Wildman–Crippen MR) is 41.4 cm³/mol. The molecule has 0 bridgehead atoms. The summed E-state index contributed by atoms with van der Waals surface area (Å²) in [6, 6.07) is 1.76. The molecule has 0 aliphatic carbocycles. The number of amides is 1. The van der Waals surface area contributed by atoms with E-state index in [2.05, 4.69) is 4.74 Å². The van der Waals surface area contributed by atoms with Crippen LogP contribution in [0.1, 0.15) is 10.4 Å². The molecule has 1 rings (SSSR count). The lowest BCUT2D eigenvalue weighted by atomic mass is 10.2. The van der Waals surface area contributed by atoms with Gasteiger partial charge in [0.05, 0.1) is 7.11 Å². The number of primary amides is 1. The topological polar surface area (TPSA) is 52.3 Å². The van der Waals surface area contributed by atoms with Gasteiger partial charge in [-0.2, -0.15) is 4.39 Å². The summed E-state index contributed by atoms with van der Waals surface area (Å²) in [7, 11) is 1.17. The van der Waals surface area contributed by atoms with E-state index in [1.54, 1.807) is 0 Å². The van der Waals surface area contributed by atoms with Crippen LogP contribution in [0, 0.1) is 11.6 Å². The second-order valence-electron chi connectivity index (χ2n) is 2.34. The van der Waals surface area contributed by atoms with Crippen LogP contribution in [-0.4, -0.2) is 13.0 Å². The Kier molecular flexibility index (Phi) is 2.46. The molecular weight excluding hydrogens is 180 g/mol. The molecule has 0 aromatic heterocycles. The predicted octanol–water partition coefficient (Wildman–Crippen LogP) is 1.07. The van der Waals surface area contributed by atoms with Gasteiger partial charge in [0, 0.05) is 5.56 Å². The van der Waals surface area contributed by atoms with Crippen molar-refractivity contribution in [2.75, 3.05) is 7.11 Å². The van der Waals surface area contributed by atoms with Gasteiger partial charge >= 0.3 is 0 Å². The second kappa shape index (κ2) is 3.38. The van der Waals surface area contributed by atoms with Crippen LogP contribution in [-0.2, 0) is 0 Å². The Labute approximate surface area is 73.1 Å². The molecule has 70 valence electrons. The van der Waals surface area contributed by atoms with E-state index in [-0.39, 0.29) is 11.3 Å². The van der Waals surface area contributed by atoms with Gasteiger partial charge in [-0.25, -0.2) is 4.39 Å². The fraction of sp³-hybridized carbons (Fsp3) is 0.125. The van der Waals surface area contributed by atoms with Gasteiger partial charge in [0.1, 0.15) is 0 Å². The van der Waals surface area contributed by atoms with Crippen LogP contribution in [0.2, 0.25) is 0 Å². The Morgan fingerprint density at radius 2 is 2.08 bits per heavy atom. The molecule has 1 aromatic carbocycles. The Bertz CT molecular complexity index is 352. The molecule has 0 aliphatic heterocycles. The van der Waals surface area contributed by atoms with Crippen molar-refractivity contribution in [1.29, 1.82) is 0 Å². The number of carbonyl (C=O) groups excluding carboxylic acids is 1. The zero-order valence-corrected chi connectivity index (χ0v) is 6.80. The van der Waals surface area contributed by atoms with E-state index in [1.165, 1.54) is 7.11 Å². The lowest BCUT2D eigenvalue weighted by Crippen LogP contribution is -2.12. The lowest BCUT2D eigenvalue weighted by Gasteiger charge is -2.03. The first kappa shape index (κ1) is 9.44. The van der Waals surface area contributed by atoms with E-state index in [0.29, 0.717) is 0 Å². The van der Waals surface area contributed by atoms with E-state index in [9.17, 15) is 13.6 Å². The third-order valence-corrected chi connectivity index (χ3v) is 1.50. The maximum Gasteiger partial charge on any atom is 0.248 e. The van der Waals surface area contributed by atoms with Gasteiger partial charge in [0.15, 0.2) is 11.6 Å². The van der Waals surface area contributed by atoms with E-state index in [4.69, 9.17) is 5.73 Å². The highest BCUT2D eigenvalue weighted by Gasteiger charge is 2.13. The Hall–Kier alpha value is -1.65. The second-order valence-corrected chi connectivity index (χ2v) is 2.34. The molecular formula is C8H7F2NO2. The van der Waals surface area contributed by atoms with Crippen molar-refractivity contribution in [2.24, 2.45) is 5.73 Å². The van der Waals surface area contributed by atoms with Crippen molar-refractivity contribution in [3.8, 4) is 5.75 Å². The summed E-state index contributed by atoms with van der Waals surface area (Å²) in [4.78, 5) is 10.6. The standard InChI is InChI=1S/C8H7F2NO2/c1-13-6-3-4(8(11)12)2-5(9)7(6)10/h2-3H,1H3,(H2,11,12). The molecule has 0 atom stereocenters. The maximum atomic E-state index is 12.8. The number of ether oxygens (including phenoxy) is 1. The molecule has 0 radical (unpaired) electrons. The number of rotatable bonds is 2. The highest BCUT2D eigenvalue weighted by molar-refractivity contribution is 5.93. The number of nitrogens with two attached hydrogens (primary N) is 1.